The highest BCUT2D eigenvalue weighted by molar-refractivity contribution is 7.95. The van der Waals surface area contributed by atoms with Crippen LogP contribution in [0.15, 0.2) is 53.9 Å². The second kappa shape index (κ2) is 8.26. The predicted molar refractivity (Wildman–Crippen MR) is 95.2 cm³/mol. The minimum atomic E-state index is -4.51. The number of nitrogens with one attached hydrogen (secondary N) is 1. The molecular weight excluding hydrogens is 383 g/mol. The molecule has 0 aromatic heterocycles. The van der Waals surface area contributed by atoms with Gasteiger partial charge in [-0.3, -0.25) is 9.52 Å². The summed E-state index contributed by atoms with van der Waals surface area (Å²) in [6.45, 7) is 0. The number of methoxy groups -OCH3 is 1. The van der Waals surface area contributed by atoms with E-state index >= 15 is 0 Å². The number of alkyl halides is 3. The second-order valence-electron chi connectivity index (χ2n) is 5.52. The normalized spacial score (nSPS) is 12.1. The van der Waals surface area contributed by atoms with Gasteiger partial charge < -0.3 is 4.74 Å². The van der Waals surface area contributed by atoms with Crippen molar-refractivity contribution in [3.05, 3.63) is 70.6 Å². The molecule has 9 heteroatoms. The number of hydrogen-bond acceptors (Lipinski definition) is 4. The molecule has 0 bridgehead atoms. The first kappa shape index (κ1) is 20.5. The maximum absolute atomic E-state index is 12.7. The number of carbonyl (C=O) groups is 1. The number of anilines is 1. The zero-order valence-corrected chi connectivity index (χ0v) is 15.0. The summed E-state index contributed by atoms with van der Waals surface area (Å²) in [5.74, 6) is -0.424. The number of esters is 1. The number of carbonyl (C=O) groups excluding carboxylic acids is 1. The first-order valence-corrected chi connectivity index (χ1v) is 9.17. The van der Waals surface area contributed by atoms with Crippen molar-refractivity contribution < 1.29 is 31.1 Å². The lowest BCUT2D eigenvalue weighted by molar-refractivity contribution is -0.140. The Kier molecular flexibility index (Phi) is 6.27. The zero-order chi connectivity index (χ0) is 20.1. The van der Waals surface area contributed by atoms with Gasteiger partial charge in [-0.15, -0.1) is 0 Å². The fourth-order valence-electron chi connectivity index (χ4n) is 2.11. The first-order valence-electron chi connectivity index (χ1n) is 7.63. The van der Waals surface area contributed by atoms with Crippen LogP contribution in [0.4, 0.5) is 18.9 Å². The van der Waals surface area contributed by atoms with Crippen LogP contribution >= 0.6 is 0 Å². The quantitative estimate of drug-likeness (QED) is 0.750. The van der Waals surface area contributed by atoms with E-state index in [0.717, 1.165) is 23.6 Å². The van der Waals surface area contributed by atoms with Crippen LogP contribution in [0, 0.1) is 0 Å². The lowest BCUT2D eigenvalue weighted by Crippen LogP contribution is -2.09. The van der Waals surface area contributed by atoms with Gasteiger partial charge in [-0.05, 0) is 41.5 Å². The maximum Gasteiger partial charge on any atom is 0.416 e. The fourth-order valence-corrected chi connectivity index (χ4v) is 2.98. The van der Waals surface area contributed by atoms with Crippen LogP contribution in [0.3, 0.4) is 0 Å². The van der Waals surface area contributed by atoms with Crippen molar-refractivity contribution in [1.29, 1.82) is 0 Å². The molecule has 0 atom stereocenters. The van der Waals surface area contributed by atoms with E-state index in [1.807, 2.05) is 0 Å². The van der Waals surface area contributed by atoms with Crippen LogP contribution in [-0.2, 0) is 32.2 Å². The highest BCUT2D eigenvalue weighted by atomic mass is 32.2. The topological polar surface area (TPSA) is 72.5 Å². The van der Waals surface area contributed by atoms with E-state index in [4.69, 9.17) is 0 Å². The average Bonchev–Trinajstić information content (AvgIpc) is 2.61. The van der Waals surface area contributed by atoms with Crippen LogP contribution in [0.2, 0.25) is 0 Å². The van der Waals surface area contributed by atoms with Crippen molar-refractivity contribution in [2.75, 3.05) is 11.8 Å². The molecule has 0 amide bonds. The van der Waals surface area contributed by atoms with Crippen molar-refractivity contribution in [3.8, 4) is 0 Å². The van der Waals surface area contributed by atoms with Crippen molar-refractivity contribution in [2.24, 2.45) is 0 Å². The molecule has 0 saturated carbocycles. The molecule has 0 aliphatic rings. The monoisotopic (exact) mass is 399 g/mol. The summed E-state index contributed by atoms with van der Waals surface area (Å²) >= 11 is 0. The summed E-state index contributed by atoms with van der Waals surface area (Å²) in [7, 11) is -2.66. The SMILES string of the molecule is COC(=O)Cc1ccc(NS(=O)(=O)/C=C/c2cccc(C(F)(F)F)c2)cc1. The number of ether oxygens (including phenoxy) is 1. The van der Waals surface area contributed by atoms with E-state index < -0.39 is 27.7 Å². The van der Waals surface area contributed by atoms with E-state index in [-0.39, 0.29) is 17.7 Å². The Morgan fingerprint density at radius 3 is 2.41 bits per heavy atom. The van der Waals surface area contributed by atoms with Gasteiger partial charge in [-0.25, -0.2) is 8.42 Å². The van der Waals surface area contributed by atoms with E-state index in [1.54, 1.807) is 12.1 Å². The largest absolute Gasteiger partial charge is 0.469 e. The van der Waals surface area contributed by atoms with E-state index in [9.17, 15) is 26.4 Å². The predicted octanol–water partition coefficient (Wildman–Crippen LogP) is 3.83. The lowest BCUT2D eigenvalue weighted by atomic mass is 10.1. The highest BCUT2D eigenvalue weighted by Crippen LogP contribution is 2.29. The molecule has 27 heavy (non-hydrogen) atoms. The highest BCUT2D eigenvalue weighted by Gasteiger charge is 2.30. The molecule has 0 saturated heterocycles. The van der Waals surface area contributed by atoms with Crippen LogP contribution in [0.5, 0.6) is 0 Å². The van der Waals surface area contributed by atoms with Crippen molar-refractivity contribution in [3.63, 3.8) is 0 Å². The molecule has 0 spiro atoms. The molecule has 0 aliphatic carbocycles. The smallest absolute Gasteiger partial charge is 0.416 e. The molecule has 2 aromatic rings. The summed E-state index contributed by atoms with van der Waals surface area (Å²) in [6, 6.07) is 10.4. The van der Waals surface area contributed by atoms with Gasteiger partial charge in [0.05, 0.1) is 24.5 Å². The van der Waals surface area contributed by atoms with Crippen molar-refractivity contribution in [1.82, 2.24) is 0 Å². The van der Waals surface area contributed by atoms with Crippen LogP contribution in [0.25, 0.3) is 6.08 Å². The van der Waals surface area contributed by atoms with Crippen LogP contribution in [0.1, 0.15) is 16.7 Å². The number of hydrogen-bond donors (Lipinski definition) is 1. The molecule has 0 heterocycles. The minimum Gasteiger partial charge on any atom is -0.469 e. The zero-order valence-electron chi connectivity index (χ0n) is 14.2. The summed E-state index contributed by atoms with van der Waals surface area (Å²) in [6.07, 6.45) is -3.38. The Morgan fingerprint density at radius 1 is 1.15 bits per heavy atom. The van der Waals surface area contributed by atoms with Gasteiger partial charge in [-0.1, -0.05) is 24.3 Å². The molecule has 1 N–H and O–H groups in total. The third-order valence-corrected chi connectivity index (χ3v) is 4.46. The Morgan fingerprint density at radius 2 is 1.81 bits per heavy atom. The maximum atomic E-state index is 12.7. The summed E-state index contributed by atoms with van der Waals surface area (Å²) in [5.41, 5.74) is 0.126. The summed E-state index contributed by atoms with van der Waals surface area (Å²) in [4.78, 5) is 11.2. The molecule has 0 unspecified atom stereocenters. The Balaban J connectivity index is 2.08. The van der Waals surface area contributed by atoms with Gasteiger partial charge in [-0.2, -0.15) is 13.2 Å². The third-order valence-electron chi connectivity index (χ3n) is 3.44. The average molecular weight is 399 g/mol. The van der Waals surface area contributed by atoms with Gasteiger partial charge in [0.15, 0.2) is 0 Å². The molecule has 0 radical (unpaired) electrons. The van der Waals surface area contributed by atoms with E-state index in [1.165, 1.54) is 31.4 Å². The molecule has 144 valence electrons. The molecule has 0 aliphatic heterocycles. The Labute approximate surface area is 154 Å². The van der Waals surface area contributed by atoms with Gasteiger partial charge >= 0.3 is 12.1 Å². The van der Waals surface area contributed by atoms with Gasteiger partial charge in [0.1, 0.15) is 0 Å². The molecule has 2 rings (SSSR count). The number of rotatable bonds is 6. The third kappa shape index (κ3) is 6.45. The Hall–Kier alpha value is -2.81. The fraction of sp³-hybridized carbons (Fsp3) is 0.167. The van der Waals surface area contributed by atoms with Gasteiger partial charge in [0.25, 0.3) is 10.0 Å². The molecule has 0 fully saturated rings. The summed E-state index contributed by atoms with van der Waals surface area (Å²) < 4.78 is 69.0. The van der Waals surface area contributed by atoms with E-state index in [0.29, 0.717) is 5.56 Å². The van der Waals surface area contributed by atoms with Crippen LogP contribution < -0.4 is 4.72 Å². The minimum absolute atomic E-state index is 0.0545. The van der Waals surface area contributed by atoms with E-state index in [2.05, 4.69) is 9.46 Å². The summed E-state index contributed by atoms with van der Waals surface area (Å²) in [5, 5.41) is 0.783. The Bertz CT molecular complexity index is 936. The van der Waals surface area contributed by atoms with Gasteiger partial charge in [0, 0.05) is 5.69 Å². The number of benzene rings is 2. The lowest BCUT2D eigenvalue weighted by Gasteiger charge is -2.07. The van der Waals surface area contributed by atoms with Crippen LogP contribution in [-0.4, -0.2) is 21.5 Å². The van der Waals surface area contributed by atoms with Crippen molar-refractivity contribution in [2.45, 2.75) is 12.6 Å². The number of halogens is 3. The first-order chi connectivity index (χ1) is 12.6. The molecule has 5 nitrogen and oxygen atoms in total. The van der Waals surface area contributed by atoms with Gasteiger partial charge in [0.2, 0.25) is 0 Å². The molecule has 2 aromatic carbocycles. The second-order valence-corrected chi connectivity index (χ2v) is 7.09. The van der Waals surface area contributed by atoms with Crippen molar-refractivity contribution >= 4 is 27.8 Å². The number of sulfonamides is 1. The molecular formula is C18H16F3NO4S. The standard InChI is InChI=1S/C18H16F3NO4S/c1-26-17(23)12-14-5-7-16(8-6-14)22-27(24,25)10-9-13-3-2-4-15(11-13)18(19,20)21/h2-11,22H,12H2,1H3/b10-9+.